The van der Waals surface area contributed by atoms with Crippen molar-refractivity contribution in [3.8, 4) is 0 Å². The van der Waals surface area contributed by atoms with Gasteiger partial charge < -0.3 is 4.74 Å². The minimum Gasteiger partial charge on any atom is -0.466 e. The van der Waals surface area contributed by atoms with Crippen molar-refractivity contribution >= 4 is 21.9 Å². The number of ether oxygens (including phenoxy) is 1. The van der Waals surface area contributed by atoms with Crippen molar-refractivity contribution in [2.45, 2.75) is 18.2 Å². The molecule has 1 rings (SSSR count). The number of alkyl halides is 1. The maximum atomic E-state index is 11.0. The maximum Gasteiger partial charge on any atom is 0.333 e. The topological polar surface area (TPSA) is 26.3 Å². The van der Waals surface area contributed by atoms with Gasteiger partial charge in [-0.25, -0.2) is 4.79 Å². The molecule has 0 fully saturated rings. The minimum absolute atomic E-state index is 0.196. The van der Waals surface area contributed by atoms with E-state index in [1.165, 1.54) is 7.11 Å². The molecule has 2 nitrogen and oxygen atoms in total. The molecule has 0 N–H and O–H groups in total. The highest BCUT2D eigenvalue weighted by Gasteiger charge is 2.25. The average molecular weight is 219 g/mol. The summed E-state index contributed by atoms with van der Waals surface area (Å²) >= 11 is 3.46. The Balaban J connectivity index is 2.63. The summed E-state index contributed by atoms with van der Waals surface area (Å²) in [6.45, 7) is 2.10. The number of allylic oxidation sites excluding steroid dienone is 1. The molecule has 0 saturated carbocycles. The SMILES string of the molecule is COC(=O)C1=C[C@H](Br)[C@@H](C)C1. The van der Waals surface area contributed by atoms with E-state index in [-0.39, 0.29) is 5.97 Å². The second kappa shape index (κ2) is 3.39. The lowest BCUT2D eigenvalue weighted by atomic mass is 10.1. The molecule has 0 aromatic heterocycles. The molecule has 11 heavy (non-hydrogen) atoms. The van der Waals surface area contributed by atoms with Crippen LogP contribution in [0.5, 0.6) is 0 Å². The van der Waals surface area contributed by atoms with Gasteiger partial charge in [0.1, 0.15) is 0 Å². The summed E-state index contributed by atoms with van der Waals surface area (Å²) in [5.41, 5.74) is 0.793. The lowest BCUT2D eigenvalue weighted by Crippen LogP contribution is -2.04. The number of hydrogen-bond acceptors (Lipinski definition) is 2. The molecular formula is C8H11BrO2. The molecule has 0 bridgehead atoms. The van der Waals surface area contributed by atoms with Crippen molar-refractivity contribution in [1.82, 2.24) is 0 Å². The Labute approximate surface area is 74.7 Å². The van der Waals surface area contributed by atoms with E-state index in [1.807, 2.05) is 6.08 Å². The van der Waals surface area contributed by atoms with Gasteiger partial charge in [-0.2, -0.15) is 0 Å². The van der Waals surface area contributed by atoms with Crippen LogP contribution in [0, 0.1) is 5.92 Å². The molecule has 0 aromatic carbocycles. The van der Waals surface area contributed by atoms with E-state index in [4.69, 9.17) is 0 Å². The quantitative estimate of drug-likeness (QED) is 0.497. The van der Waals surface area contributed by atoms with Gasteiger partial charge in [0.2, 0.25) is 0 Å². The number of methoxy groups -OCH3 is 1. The molecule has 62 valence electrons. The van der Waals surface area contributed by atoms with E-state index >= 15 is 0 Å². The Hall–Kier alpha value is -0.310. The van der Waals surface area contributed by atoms with E-state index < -0.39 is 0 Å². The lowest BCUT2D eigenvalue weighted by molar-refractivity contribution is -0.136. The second-order valence-corrected chi connectivity index (χ2v) is 3.87. The van der Waals surface area contributed by atoms with Gasteiger partial charge in [0.15, 0.2) is 0 Å². The highest BCUT2D eigenvalue weighted by molar-refractivity contribution is 9.09. The van der Waals surface area contributed by atoms with Gasteiger partial charge in [-0.1, -0.05) is 28.9 Å². The highest BCUT2D eigenvalue weighted by atomic mass is 79.9. The molecular weight excluding hydrogens is 208 g/mol. The predicted octanol–water partition coefficient (Wildman–Crippen LogP) is 1.89. The Morgan fingerprint density at radius 3 is 2.82 bits per heavy atom. The van der Waals surface area contributed by atoms with Crippen LogP contribution in [0.1, 0.15) is 13.3 Å². The molecule has 0 saturated heterocycles. The van der Waals surface area contributed by atoms with E-state index in [2.05, 4.69) is 27.6 Å². The van der Waals surface area contributed by atoms with Crippen LogP contribution in [0.15, 0.2) is 11.6 Å². The zero-order chi connectivity index (χ0) is 8.43. The predicted molar refractivity (Wildman–Crippen MR) is 46.6 cm³/mol. The van der Waals surface area contributed by atoms with E-state index in [1.54, 1.807) is 0 Å². The van der Waals surface area contributed by atoms with Crippen LogP contribution in [0.25, 0.3) is 0 Å². The first-order valence-corrected chi connectivity index (χ1v) is 4.49. The minimum atomic E-state index is -0.196. The molecule has 0 spiro atoms. The molecule has 0 aliphatic heterocycles. The standard InChI is InChI=1S/C8H11BrO2/c1-5-3-6(4-7(5)9)8(10)11-2/h4-5,7H,3H2,1-2H3/t5-,7-/m0/s1. The Morgan fingerprint density at radius 2 is 2.45 bits per heavy atom. The fourth-order valence-electron chi connectivity index (χ4n) is 1.17. The van der Waals surface area contributed by atoms with Gasteiger partial charge in [-0.15, -0.1) is 0 Å². The third-order valence-corrected chi connectivity index (χ3v) is 3.06. The van der Waals surface area contributed by atoms with Gasteiger partial charge in [0.25, 0.3) is 0 Å². The molecule has 2 atom stereocenters. The van der Waals surface area contributed by atoms with Crippen LogP contribution in [-0.4, -0.2) is 17.9 Å². The molecule has 0 unspecified atom stereocenters. The van der Waals surface area contributed by atoms with Crippen LogP contribution >= 0.6 is 15.9 Å². The summed E-state index contributed by atoms with van der Waals surface area (Å²) in [6.07, 6.45) is 2.75. The second-order valence-electron chi connectivity index (χ2n) is 2.81. The van der Waals surface area contributed by atoms with E-state index in [0.717, 1.165) is 12.0 Å². The summed E-state index contributed by atoms with van der Waals surface area (Å²) in [5, 5.41) is 0. The van der Waals surface area contributed by atoms with E-state index in [0.29, 0.717) is 10.7 Å². The Morgan fingerprint density at radius 1 is 1.82 bits per heavy atom. The fourth-order valence-corrected chi connectivity index (χ4v) is 1.67. The summed E-state index contributed by atoms with van der Waals surface area (Å²) in [4.78, 5) is 11.3. The van der Waals surface area contributed by atoms with Gasteiger partial charge in [0, 0.05) is 10.4 Å². The zero-order valence-corrected chi connectivity index (χ0v) is 8.22. The fraction of sp³-hybridized carbons (Fsp3) is 0.625. The van der Waals surface area contributed by atoms with Crippen LogP contribution in [0.4, 0.5) is 0 Å². The third kappa shape index (κ3) is 1.83. The van der Waals surface area contributed by atoms with Crippen LogP contribution in [-0.2, 0) is 9.53 Å². The Bertz CT molecular complexity index is 198. The third-order valence-electron chi connectivity index (χ3n) is 1.89. The number of halogens is 1. The van der Waals surface area contributed by atoms with Crippen LogP contribution in [0.3, 0.4) is 0 Å². The first-order chi connectivity index (χ1) is 5.15. The van der Waals surface area contributed by atoms with Crippen molar-refractivity contribution in [3.63, 3.8) is 0 Å². The van der Waals surface area contributed by atoms with Crippen molar-refractivity contribution < 1.29 is 9.53 Å². The zero-order valence-electron chi connectivity index (χ0n) is 6.63. The maximum absolute atomic E-state index is 11.0. The summed E-state index contributed by atoms with van der Waals surface area (Å²) in [6, 6.07) is 0. The van der Waals surface area contributed by atoms with Gasteiger partial charge in [-0.05, 0) is 12.3 Å². The first kappa shape index (κ1) is 8.78. The number of carbonyl (C=O) groups excluding carboxylic acids is 1. The number of esters is 1. The molecule has 0 aromatic rings. The largest absolute Gasteiger partial charge is 0.466 e. The smallest absolute Gasteiger partial charge is 0.333 e. The molecule has 1 aliphatic rings. The first-order valence-electron chi connectivity index (χ1n) is 3.58. The summed E-state index contributed by atoms with van der Waals surface area (Å²) in [5.74, 6) is 0.308. The molecule has 0 amide bonds. The molecule has 3 heteroatoms. The van der Waals surface area contributed by atoms with Crippen molar-refractivity contribution in [1.29, 1.82) is 0 Å². The lowest BCUT2D eigenvalue weighted by Gasteiger charge is -2.04. The van der Waals surface area contributed by atoms with Gasteiger partial charge >= 0.3 is 5.97 Å². The summed E-state index contributed by atoms with van der Waals surface area (Å²) in [7, 11) is 1.41. The molecule has 0 heterocycles. The van der Waals surface area contributed by atoms with Crippen LogP contribution in [0.2, 0.25) is 0 Å². The molecule has 1 aliphatic carbocycles. The van der Waals surface area contributed by atoms with Gasteiger partial charge in [0.05, 0.1) is 7.11 Å². The summed E-state index contributed by atoms with van der Waals surface area (Å²) < 4.78 is 4.60. The number of carbonyl (C=O) groups is 1. The van der Waals surface area contributed by atoms with Crippen LogP contribution < -0.4 is 0 Å². The van der Waals surface area contributed by atoms with E-state index in [9.17, 15) is 4.79 Å². The van der Waals surface area contributed by atoms with Crippen molar-refractivity contribution in [2.75, 3.05) is 7.11 Å². The molecule has 0 radical (unpaired) electrons. The Kier molecular flexibility index (Phi) is 2.71. The highest BCUT2D eigenvalue weighted by Crippen LogP contribution is 2.30. The number of rotatable bonds is 1. The van der Waals surface area contributed by atoms with Crippen molar-refractivity contribution in [3.05, 3.63) is 11.6 Å². The average Bonchev–Trinajstić information content (AvgIpc) is 2.31. The normalized spacial score (nSPS) is 29.9. The number of hydrogen-bond donors (Lipinski definition) is 0. The monoisotopic (exact) mass is 218 g/mol. The van der Waals surface area contributed by atoms with Gasteiger partial charge in [-0.3, -0.25) is 0 Å². The van der Waals surface area contributed by atoms with Crippen molar-refractivity contribution in [2.24, 2.45) is 5.92 Å².